The number of nitrogens with one attached hydrogen (secondary N) is 1. The fraction of sp³-hybridized carbons (Fsp3) is 0.474. The second kappa shape index (κ2) is 9.01. The Morgan fingerprint density at radius 3 is 2.76 bits per heavy atom. The molecule has 1 fully saturated rings. The average Bonchev–Trinajstić information content (AvgIpc) is 2.72. The second-order valence-electron chi connectivity index (χ2n) is 6.76. The molecule has 1 N–H and O–H groups in total. The maximum absolute atomic E-state index is 12.9. The van der Waals surface area contributed by atoms with Gasteiger partial charge >= 0.3 is 12.0 Å². The Balaban J connectivity index is 2.07. The number of carbonyl (C=O) groups is 2. The Morgan fingerprint density at radius 2 is 2.10 bits per heavy atom. The molecule has 0 unspecified atom stereocenters. The molecule has 1 atom stereocenters. The molecule has 0 aromatic heterocycles. The number of esters is 1. The minimum absolute atomic E-state index is 0.117. The molecule has 1 aromatic rings. The Kier molecular flexibility index (Phi) is 6.45. The smallest absolute Gasteiger partial charge is 0.338 e. The second-order valence-corrected chi connectivity index (χ2v) is 6.76. The summed E-state index contributed by atoms with van der Waals surface area (Å²) in [5, 5.41) is 14.0. The molecule has 10 nitrogen and oxygen atoms in total. The summed E-state index contributed by atoms with van der Waals surface area (Å²) in [4.78, 5) is 39.7. The largest absolute Gasteiger partial charge is 0.463 e. The summed E-state index contributed by atoms with van der Waals surface area (Å²) < 4.78 is 10.6. The van der Waals surface area contributed by atoms with Crippen LogP contribution >= 0.6 is 0 Å². The van der Waals surface area contributed by atoms with Gasteiger partial charge in [-0.3, -0.25) is 19.9 Å². The number of morpholine rings is 1. The Bertz CT molecular complexity index is 834. The molecule has 0 aliphatic carbocycles. The Labute approximate surface area is 168 Å². The van der Waals surface area contributed by atoms with E-state index in [9.17, 15) is 19.7 Å². The number of urea groups is 1. The standard InChI is InChI=1S/C19H24N4O6/c1-3-29-18(24)16-15(12-22-7-9-28-10-8-22)21(2)19(25)20-17(16)13-5-4-6-14(11-13)23(26)27/h4-6,11,17H,3,7-10,12H2,1-2H3,(H,20,25)/t17-/m1/s1. The third kappa shape index (κ3) is 4.54. The van der Waals surface area contributed by atoms with E-state index in [1.807, 2.05) is 0 Å². The summed E-state index contributed by atoms with van der Waals surface area (Å²) in [6, 6.07) is 4.67. The summed E-state index contributed by atoms with van der Waals surface area (Å²) in [6.45, 7) is 4.75. The van der Waals surface area contributed by atoms with Crippen LogP contribution in [-0.4, -0.2) is 73.2 Å². The highest BCUT2D eigenvalue weighted by Crippen LogP contribution is 2.32. The van der Waals surface area contributed by atoms with Crippen LogP contribution in [0.5, 0.6) is 0 Å². The lowest BCUT2D eigenvalue weighted by molar-refractivity contribution is -0.384. The van der Waals surface area contributed by atoms with E-state index >= 15 is 0 Å². The van der Waals surface area contributed by atoms with Crippen LogP contribution in [0.2, 0.25) is 0 Å². The Hall–Kier alpha value is -2.98. The van der Waals surface area contributed by atoms with Crippen molar-refractivity contribution in [2.45, 2.75) is 13.0 Å². The Morgan fingerprint density at radius 1 is 1.38 bits per heavy atom. The number of nitrogens with zero attached hydrogens (tertiary/aromatic N) is 3. The predicted octanol–water partition coefficient (Wildman–Crippen LogP) is 1.44. The first kappa shape index (κ1) is 20.7. The van der Waals surface area contributed by atoms with Gasteiger partial charge in [0.05, 0.1) is 36.4 Å². The highest BCUT2D eigenvalue weighted by atomic mass is 16.6. The molecule has 0 bridgehead atoms. The number of benzene rings is 1. The van der Waals surface area contributed by atoms with Crippen LogP contribution in [0.4, 0.5) is 10.5 Å². The van der Waals surface area contributed by atoms with E-state index in [-0.39, 0.29) is 17.9 Å². The maximum atomic E-state index is 12.9. The van der Waals surface area contributed by atoms with Crippen molar-refractivity contribution in [2.75, 3.05) is 46.5 Å². The minimum atomic E-state index is -0.839. The van der Waals surface area contributed by atoms with E-state index in [1.54, 1.807) is 20.0 Å². The number of likely N-dealkylation sites (N-methyl/N-ethyl adjacent to an activating group) is 1. The minimum Gasteiger partial charge on any atom is -0.463 e. The van der Waals surface area contributed by atoms with Gasteiger partial charge in [0.25, 0.3) is 5.69 Å². The van der Waals surface area contributed by atoms with Gasteiger partial charge in [-0.05, 0) is 12.5 Å². The van der Waals surface area contributed by atoms with Crippen LogP contribution in [0.3, 0.4) is 0 Å². The van der Waals surface area contributed by atoms with E-state index in [4.69, 9.17) is 9.47 Å². The van der Waals surface area contributed by atoms with Crippen LogP contribution in [0.25, 0.3) is 0 Å². The number of hydrogen-bond acceptors (Lipinski definition) is 7. The van der Waals surface area contributed by atoms with Gasteiger partial charge in [0.1, 0.15) is 0 Å². The van der Waals surface area contributed by atoms with Crippen LogP contribution < -0.4 is 5.32 Å². The molecule has 0 saturated carbocycles. The lowest BCUT2D eigenvalue weighted by Crippen LogP contribution is -2.50. The normalized spacial score (nSPS) is 20.4. The van der Waals surface area contributed by atoms with Gasteiger partial charge in [0.15, 0.2) is 0 Å². The molecular weight excluding hydrogens is 380 g/mol. The fourth-order valence-electron chi connectivity index (χ4n) is 3.44. The van der Waals surface area contributed by atoms with Gasteiger partial charge in [-0.2, -0.15) is 0 Å². The third-order valence-corrected chi connectivity index (χ3v) is 4.96. The van der Waals surface area contributed by atoms with E-state index in [0.29, 0.717) is 44.1 Å². The maximum Gasteiger partial charge on any atom is 0.338 e. The number of nitro groups is 1. The molecule has 0 radical (unpaired) electrons. The van der Waals surface area contributed by atoms with E-state index in [2.05, 4.69) is 10.2 Å². The van der Waals surface area contributed by atoms with Gasteiger partial charge in [0.2, 0.25) is 0 Å². The molecule has 1 aromatic carbocycles. The summed E-state index contributed by atoms with van der Waals surface area (Å²) in [5.41, 5.74) is 1.13. The number of hydrogen-bond donors (Lipinski definition) is 1. The molecular formula is C19H24N4O6. The van der Waals surface area contributed by atoms with Crippen molar-refractivity contribution in [1.29, 1.82) is 0 Å². The molecule has 2 amide bonds. The van der Waals surface area contributed by atoms with E-state index in [1.165, 1.54) is 23.1 Å². The quantitative estimate of drug-likeness (QED) is 0.433. The van der Waals surface area contributed by atoms with Crippen LogP contribution in [-0.2, 0) is 14.3 Å². The van der Waals surface area contributed by atoms with Gasteiger partial charge in [-0.25, -0.2) is 9.59 Å². The first-order valence-electron chi connectivity index (χ1n) is 9.41. The molecule has 2 heterocycles. The molecule has 10 heteroatoms. The summed E-state index contributed by atoms with van der Waals surface area (Å²) in [5.74, 6) is -0.556. The zero-order chi connectivity index (χ0) is 21.0. The fourth-order valence-corrected chi connectivity index (χ4v) is 3.44. The van der Waals surface area contributed by atoms with Crippen molar-refractivity contribution in [3.05, 3.63) is 51.2 Å². The first-order chi connectivity index (χ1) is 13.9. The summed E-state index contributed by atoms with van der Waals surface area (Å²) in [6.07, 6.45) is 0. The molecule has 29 heavy (non-hydrogen) atoms. The lowest BCUT2D eigenvalue weighted by Gasteiger charge is -2.37. The van der Waals surface area contributed by atoms with Gasteiger partial charge < -0.3 is 14.8 Å². The molecule has 156 valence electrons. The zero-order valence-corrected chi connectivity index (χ0v) is 16.4. The number of amides is 2. The third-order valence-electron chi connectivity index (χ3n) is 4.96. The van der Waals surface area contributed by atoms with Crippen LogP contribution in [0, 0.1) is 10.1 Å². The number of carbonyl (C=O) groups excluding carboxylic acids is 2. The van der Waals surface area contributed by atoms with Crippen molar-refractivity contribution >= 4 is 17.7 Å². The summed E-state index contributed by atoms with van der Waals surface area (Å²) in [7, 11) is 1.59. The van der Waals surface area contributed by atoms with E-state index < -0.39 is 23.0 Å². The van der Waals surface area contributed by atoms with E-state index in [0.717, 1.165) is 0 Å². The number of rotatable bonds is 6. The molecule has 0 spiro atoms. The van der Waals surface area contributed by atoms with Crippen molar-refractivity contribution in [1.82, 2.24) is 15.1 Å². The number of nitro benzene ring substituents is 1. The molecule has 2 aliphatic rings. The van der Waals surface area contributed by atoms with Crippen LogP contribution in [0.15, 0.2) is 35.5 Å². The predicted molar refractivity (Wildman–Crippen MR) is 103 cm³/mol. The van der Waals surface area contributed by atoms with Crippen molar-refractivity contribution < 1.29 is 24.0 Å². The van der Waals surface area contributed by atoms with Gasteiger partial charge in [0, 0.05) is 44.5 Å². The van der Waals surface area contributed by atoms with Gasteiger partial charge in [-0.15, -0.1) is 0 Å². The number of ether oxygens (including phenoxy) is 2. The monoisotopic (exact) mass is 404 g/mol. The highest BCUT2D eigenvalue weighted by Gasteiger charge is 2.37. The molecule has 2 aliphatic heterocycles. The lowest BCUT2D eigenvalue weighted by atomic mass is 9.94. The number of non-ortho nitro benzene ring substituents is 1. The molecule has 1 saturated heterocycles. The summed E-state index contributed by atoms with van der Waals surface area (Å²) >= 11 is 0. The highest BCUT2D eigenvalue weighted by molar-refractivity contribution is 5.95. The van der Waals surface area contributed by atoms with Crippen molar-refractivity contribution in [3.63, 3.8) is 0 Å². The first-order valence-corrected chi connectivity index (χ1v) is 9.41. The topological polar surface area (TPSA) is 114 Å². The zero-order valence-electron chi connectivity index (χ0n) is 16.4. The van der Waals surface area contributed by atoms with Crippen molar-refractivity contribution in [2.24, 2.45) is 0 Å². The average molecular weight is 404 g/mol. The van der Waals surface area contributed by atoms with Gasteiger partial charge in [-0.1, -0.05) is 12.1 Å². The SMILES string of the molecule is CCOC(=O)C1=C(CN2CCOCC2)N(C)C(=O)N[C@@H]1c1cccc([N+](=O)[O-])c1. The molecule has 3 rings (SSSR count). The van der Waals surface area contributed by atoms with Crippen LogP contribution in [0.1, 0.15) is 18.5 Å². The van der Waals surface area contributed by atoms with Crippen molar-refractivity contribution in [3.8, 4) is 0 Å².